The molecule has 3 heterocycles. The Labute approximate surface area is 160 Å². The minimum atomic E-state index is -3.14. The standard InChI is InChI=1S/C17H27N5O4S/c1-27(24,25)22-9-7-21(8-10-22)16-5-4-15(13-18-16)20-17(23)19-14-3-2-11-26-12-6-14/h4-5,13-14H,2-3,6-12H2,1H3,(H2,19,20,23). The minimum Gasteiger partial charge on any atom is -0.381 e. The van der Waals surface area contributed by atoms with E-state index in [0.717, 1.165) is 31.7 Å². The van der Waals surface area contributed by atoms with E-state index in [2.05, 4.69) is 15.6 Å². The molecule has 0 aliphatic carbocycles. The summed E-state index contributed by atoms with van der Waals surface area (Å²) in [5.41, 5.74) is 0.621. The largest absolute Gasteiger partial charge is 0.381 e. The highest BCUT2D eigenvalue weighted by atomic mass is 32.2. The van der Waals surface area contributed by atoms with Crippen molar-refractivity contribution in [3.05, 3.63) is 18.3 Å². The summed E-state index contributed by atoms with van der Waals surface area (Å²) in [5.74, 6) is 0.773. The molecule has 9 nitrogen and oxygen atoms in total. The van der Waals surface area contributed by atoms with Gasteiger partial charge in [0.25, 0.3) is 0 Å². The molecule has 0 saturated carbocycles. The molecule has 2 fully saturated rings. The number of anilines is 2. The average molecular weight is 398 g/mol. The number of rotatable bonds is 4. The Bertz CT molecular complexity index is 724. The Morgan fingerprint density at radius 3 is 2.63 bits per heavy atom. The summed E-state index contributed by atoms with van der Waals surface area (Å²) in [7, 11) is -3.14. The van der Waals surface area contributed by atoms with Crippen LogP contribution in [-0.4, -0.2) is 75.4 Å². The number of piperazine rings is 1. The van der Waals surface area contributed by atoms with Gasteiger partial charge in [-0.3, -0.25) is 0 Å². The highest BCUT2D eigenvalue weighted by molar-refractivity contribution is 7.88. The molecule has 1 unspecified atom stereocenters. The molecule has 0 aromatic carbocycles. The minimum absolute atomic E-state index is 0.130. The van der Waals surface area contributed by atoms with Crippen molar-refractivity contribution >= 4 is 27.6 Å². The van der Waals surface area contributed by atoms with E-state index in [1.807, 2.05) is 11.0 Å². The number of nitrogens with zero attached hydrogens (tertiary/aromatic N) is 3. The summed E-state index contributed by atoms with van der Waals surface area (Å²) in [6.45, 7) is 3.52. The van der Waals surface area contributed by atoms with E-state index in [0.29, 0.717) is 38.5 Å². The summed E-state index contributed by atoms with van der Waals surface area (Å²) in [6.07, 6.45) is 5.55. The van der Waals surface area contributed by atoms with Gasteiger partial charge in [0.15, 0.2) is 0 Å². The number of ether oxygens (including phenoxy) is 1. The highest BCUT2D eigenvalue weighted by Gasteiger charge is 2.24. The van der Waals surface area contributed by atoms with Crippen molar-refractivity contribution in [3.8, 4) is 0 Å². The number of hydrogen-bond acceptors (Lipinski definition) is 6. The van der Waals surface area contributed by atoms with Crippen LogP contribution in [0.4, 0.5) is 16.3 Å². The van der Waals surface area contributed by atoms with E-state index < -0.39 is 10.0 Å². The van der Waals surface area contributed by atoms with Gasteiger partial charge in [-0.15, -0.1) is 0 Å². The lowest BCUT2D eigenvalue weighted by atomic mass is 10.1. The molecule has 0 bridgehead atoms. The van der Waals surface area contributed by atoms with Crippen molar-refractivity contribution in [3.63, 3.8) is 0 Å². The van der Waals surface area contributed by atoms with Crippen LogP contribution < -0.4 is 15.5 Å². The third-order valence-electron chi connectivity index (χ3n) is 4.82. The molecule has 2 N–H and O–H groups in total. The van der Waals surface area contributed by atoms with Crippen molar-refractivity contribution in [2.24, 2.45) is 0 Å². The Morgan fingerprint density at radius 2 is 1.96 bits per heavy atom. The van der Waals surface area contributed by atoms with Gasteiger partial charge in [0, 0.05) is 45.4 Å². The van der Waals surface area contributed by atoms with Crippen LogP contribution in [0.25, 0.3) is 0 Å². The van der Waals surface area contributed by atoms with E-state index in [4.69, 9.17) is 4.74 Å². The summed E-state index contributed by atoms with van der Waals surface area (Å²) >= 11 is 0. The van der Waals surface area contributed by atoms with Crippen LogP contribution in [0.1, 0.15) is 19.3 Å². The fourth-order valence-corrected chi connectivity index (χ4v) is 4.12. The second kappa shape index (κ2) is 8.85. The van der Waals surface area contributed by atoms with Crippen molar-refractivity contribution in [1.82, 2.24) is 14.6 Å². The number of nitrogens with one attached hydrogen (secondary N) is 2. The third-order valence-corrected chi connectivity index (χ3v) is 6.13. The maximum absolute atomic E-state index is 12.1. The number of carbonyl (C=O) groups excluding carboxylic acids is 1. The quantitative estimate of drug-likeness (QED) is 0.781. The molecule has 10 heteroatoms. The lowest BCUT2D eigenvalue weighted by Crippen LogP contribution is -2.48. The van der Waals surface area contributed by atoms with Gasteiger partial charge in [-0.05, 0) is 31.4 Å². The van der Waals surface area contributed by atoms with Crippen molar-refractivity contribution in [1.29, 1.82) is 0 Å². The molecular formula is C17H27N5O4S. The molecule has 2 aliphatic rings. The van der Waals surface area contributed by atoms with E-state index in [1.165, 1.54) is 10.6 Å². The van der Waals surface area contributed by atoms with E-state index in [-0.39, 0.29) is 12.1 Å². The van der Waals surface area contributed by atoms with Crippen molar-refractivity contribution in [2.45, 2.75) is 25.3 Å². The first-order valence-electron chi connectivity index (χ1n) is 9.23. The summed E-state index contributed by atoms with van der Waals surface area (Å²) in [5, 5.41) is 5.78. The first kappa shape index (κ1) is 19.8. The van der Waals surface area contributed by atoms with Gasteiger partial charge < -0.3 is 20.3 Å². The highest BCUT2D eigenvalue weighted by Crippen LogP contribution is 2.17. The lowest BCUT2D eigenvalue weighted by molar-refractivity contribution is 0.143. The zero-order valence-electron chi connectivity index (χ0n) is 15.6. The SMILES string of the molecule is CS(=O)(=O)N1CCN(c2ccc(NC(=O)NC3CCCOCC3)cn2)CC1. The van der Waals surface area contributed by atoms with Gasteiger partial charge in [-0.1, -0.05) is 0 Å². The Morgan fingerprint density at radius 1 is 1.19 bits per heavy atom. The molecule has 0 radical (unpaired) electrons. The molecule has 150 valence electrons. The normalized spacial score (nSPS) is 22.1. The molecule has 1 aromatic rings. The molecule has 0 spiro atoms. The molecule has 1 aromatic heterocycles. The maximum Gasteiger partial charge on any atom is 0.319 e. The van der Waals surface area contributed by atoms with Gasteiger partial charge in [0.2, 0.25) is 10.0 Å². The lowest BCUT2D eigenvalue weighted by Gasteiger charge is -2.34. The zero-order chi connectivity index (χ0) is 19.3. The van der Waals surface area contributed by atoms with Crippen molar-refractivity contribution < 1.29 is 17.9 Å². The zero-order valence-corrected chi connectivity index (χ0v) is 16.4. The molecule has 2 aliphatic heterocycles. The molecular weight excluding hydrogens is 370 g/mol. The fourth-order valence-electron chi connectivity index (χ4n) is 3.30. The first-order chi connectivity index (χ1) is 12.9. The van der Waals surface area contributed by atoms with E-state index >= 15 is 0 Å². The van der Waals surface area contributed by atoms with Crippen LogP contribution in [0.2, 0.25) is 0 Å². The smallest absolute Gasteiger partial charge is 0.319 e. The van der Waals surface area contributed by atoms with Crippen LogP contribution in [0, 0.1) is 0 Å². The molecule has 2 amide bonds. The van der Waals surface area contributed by atoms with Crippen LogP contribution >= 0.6 is 0 Å². The summed E-state index contributed by atoms with van der Waals surface area (Å²) < 4.78 is 30.0. The molecule has 2 saturated heterocycles. The molecule has 27 heavy (non-hydrogen) atoms. The summed E-state index contributed by atoms with van der Waals surface area (Å²) in [6, 6.07) is 3.54. The van der Waals surface area contributed by atoms with Crippen LogP contribution in [0.15, 0.2) is 18.3 Å². The number of urea groups is 1. The van der Waals surface area contributed by atoms with Gasteiger partial charge in [-0.25, -0.2) is 18.2 Å². The van der Waals surface area contributed by atoms with Crippen LogP contribution in [-0.2, 0) is 14.8 Å². The second-order valence-corrected chi connectivity index (χ2v) is 8.88. The number of carbonyl (C=O) groups is 1. The summed E-state index contributed by atoms with van der Waals surface area (Å²) in [4.78, 5) is 18.6. The number of hydrogen-bond donors (Lipinski definition) is 2. The Kier molecular flexibility index (Phi) is 6.51. The van der Waals surface area contributed by atoms with Gasteiger partial charge in [0.1, 0.15) is 5.82 Å². The second-order valence-electron chi connectivity index (χ2n) is 6.89. The third kappa shape index (κ3) is 5.78. The van der Waals surface area contributed by atoms with E-state index in [1.54, 1.807) is 12.3 Å². The predicted molar refractivity (Wildman–Crippen MR) is 103 cm³/mol. The fraction of sp³-hybridized carbons (Fsp3) is 0.647. The predicted octanol–water partition coefficient (Wildman–Crippen LogP) is 0.854. The van der Waals surface area contributed by atoms with E-state index in [9.17, 15) is 13.2 Å². The topological polar surface area (TPSA) is 104 Å². The van der Waals surface area contributed by atoms with Gasteiger partial charge >= 0.3 is 6.03 Å². The number of pyridine rings is 1. The molecule has 3 rings (SSSR count). The average Bonchev–Trinajstić information content (AvgIpc) is 2.90. The van der Waals surface area contributed by atoms with Gasteiger partial charge in [0.05, 0.1) is 18.1 Å². The monoisotopic (exact) mass is 397 g/mol. The van der Waals surface area contributed by atoms with Crippen LogP contribution in [0.5, 0.6) is 0 Å². The number of aromatic nitrogens is 1. The first-order valence-corrected chi connectivity index (χ1v) is 11.1. The van der Waals surface area contributed by atoms with Crippen LogP contribution in [0.3, 0.4) is 0 Å². The molecule has 1 atom stereocenters. The maximum atomic E-state index is 12.1. The number of amides is 2. The number of sulfonamides is 1. The Balaban J connectivity index is 1.49. The van der Waals surface area contributed by atoms with Gasteiger partial charge in [-0.2, -0.15) is 4.31 Å². The van der Waals surface area contributed by atoms with Crippen molar-refractivity contribution in [2.75, 3.05) is 55.9 Å². The Hall–Kier alpha value is -1.91.